The van der Waals surface area contributed by atoms with Crippen LogP contribution in [0.4, 0.5) is 0 Å². The average molecular weight is 651 g/mol. The monoisotopic (exact) mass is 650 g/mol. The van der Waals surface area contributed by atoms with Gasteiger partial charge in [-0.2, -0.15) is 8.42 Å². The van der Waals surface area contributed by atoms with Crippen LogP contribution in [0.2, 0.25) is 5.02 Å². The molecule has 44 heavy (non-hydrogen) atoms. The Hall–Kier alpha value is -1.48. The van der Waals surface area contributed by atoms with Crippen LogP contribution < -0.4 is 0 Å². The zero-order chi connectivity index (χ0) is 31.9. The molecule has 1 fully saturated rings. The number of rotatable bonds is 21. The molecule has 0 bridgehead atoms. The Balaban J connectivity index is 0.000000307. The van der Waals surface area contributed by atoms with Gasteiger partial charge in [0, 0.05) is 31.2 Å². The third-order valence-corrected chi connectivity index (χ3v) is 9.15. The van der Waals surface area contributed by atoms with E-state index in [1.807, 2.05) is 12.1 Å². The number of unbranched alkanes of at least 4 members (excludes halogenated alkanes) is 15. The molecule has 1 saturated heterocycles. The Kier molecular flexibility index (Phi) is 20.9. The number of nitrogens with zero attached hydrogens (tertiary/aromatic N) is 2. The fourth-order valence-electron chi connectivity index (χ4n) is 5.79. The van der Waals surface area contributed by atoms with Gasteiger partial charge in [0.15, 0.2) is 0 Å². The van der Waals surface area contributed by atoms with E-state index in [0.717, 1.165) is 44.0 Å². The molecule has 2 aromatic rings. The second kappa shape index (κ2) is 23.8. The highest BCUT2D eigenvalue weighted by atomic mass is 35.5. The topological polar surface area (TPSA) is 70.1 Å². The lowest BCUT2D eigenvalue weighted by Crippen LogP contribution is -2.46. The fourth-order valence-corrected chi connectivity index (χ4v) is 6.24. The first-order valence-corrected chi connectivity index (χ1v) is 18.9. The van der Waals surface area contributed by atoms with Gasteiger partial charge in [-0.3, -0.25) is 9.45 Å². The lowest BCUT2D eigenvalue weighted by molar-refractivity contribution is 0.127. The van der Waals surface area contributed by atoms with Gasteiger partial charge < -0.3 is 4.90 Å². The molecule has 1 N–H and O–H groups in total. The standard InChI is InChI=1S/C18H21ClN2.C18H38O4S/c1-20-11-13-21(14-12-20)18(15-5-3-2-4-6-15)16-7-9-17(19)10-8-16;1-2-3-4-5-6-7-8-9-10-11-12-13-14-15-16-17-18-22-23(19,20)21/h2-10,18H,11-14H2,1H3;2-18H2,1H3,(H,19,20,21). The first kappa shape index (κ1) is 38.7. The number of hydrogen-bond donors (Lipinski definition) is 1. The number of benzene rings is 2. The maximum absolute atomic E-state index is 10.3. The smallest absolute Gasteiger partial charge is 0.304 e. The summed E-state index contributed by atoms with van der Waals surface area (Å²) in [6.45, 7) is 6.79. The van der Waals surface area contributed by atoms with Crippen molar-refractivity contribution in [1.29, 1.82) is 0 Å². The summed E-state index contributed by atoms with van der Waals surface area (Å²) in [5.74, 6) is 0. The van der Waals surface area contributed by atoms with Crippen LogP contribution in [0.1, 0.15) is 127 Å². The van der Waals surface area contributed by atoms with Crippen LogP contribution in [-0.4, -0.2) is 62.6 Å². The summed E-state index contributed by atoms with van der Waals surface area (Å²) in [7, 11) is -2.05. The molecule has 8 heteroatoms. The van der Waals surface area contributed by atoms with E-state index in [9.17, 15) is 8.42 Å². The molecule has 1 heterocycles. The van der Waals surface area contributed by atoms with Crippen molar-refractivity contribution in [2.45, 2.75) is 116 Å². The summed E-state index contributed by atoms with van der Waals surface area (Å²) >= 11 is 6.05. The second-order valence-corrected chi connectivity index (χ2v) is 13.8. The SMILES string of the molecule is CCCCCCCCCCCCCCCCCCOS(=O)(=O)O.CN1CCN(C(c2ccccc2)c2ccc(Cl)cc2)CC1. The van der Waals surface area contributed by atoms with Crippen LogP contribution in [0.15, 0.2) is 54.6 Å². The quantitative estimate of drug-likeness (QED) is 0.107. The van der Waals surface area contributed by atoms with Crippen LogP contribution in [-0.2, 0) is 14.6 Å². The third kappa shape index (κ3) is 18.5. The lowest BCUT2D eigenvalue weighted by Gasteiger charge is -2.38. The Morgan fingerprint density at radius 3 is 1.57 bits per heavy atom. The van der Waals surface area contributed by atoms with Crippen molar-refractivity contribution in [3.05, 3.63) is 70.7 Å². The highest BCUT2D eigenvalue weighted by Gasteiger charge is 2.25. The summed E-state index contributed by atoms with van der Waals surface area (Å²) in [4.78, 5) is 4.96. The first-order valence-electron chi connectivity index (χ1n) is 17.1. The third-order valence-electron chi connectivity index (χ3n) is 8.43. The van der Waals surface area contributed by atoms with Gasteiger partial charge in [-0.25, -0.2) is 4.18 Å². The minimum Gasteiger partial charge on any atom is -0.304 e. The van der Waals surface area contributed by atoms with Gasteiger partial charge in [0.05, 0.1) is 12.6 Å². The van der Waals surface area contributed by atoms with Crippen LogP contribution in [0.3, 0.4) is 0 Å². The van der Waals surface area contributed by atoms with Crippen molar-refractivity contribution in [2.24, 2.45) is 0 Å². The minimum absolute atomic E-state index is 0.0945. The molecular weight excluding hydrogens is 592 g/mol. The molecule has 250 valence electrons. The Bertz CT molecular complexity index is 1060. The Morgan fingerprint density at radius 2 is 1.11 bits per heavy atom. The van der Waals surface area contributed by atoms with E-state index in [0.29, 0.717) is 12.5 Å². The number of likely N-dealkylation sites (N-methyl/N-ethyl adjacent to an activating group) is 1. The normalized spacial score (nSPS) is 15.1. The lowest BCUT2D eigenvalue weighted by atomic mass is 9.96. The van der Waals surface area contributed by atoms with Crippen LogP contribution in [0.5, 0.6) is 0 Å². The molecule has 1 atom stereocenters. The van der Waals surface area contributed by atoms with Gasteiger partial charge >= 0.3 is 10.4 Å². The van der Waals surface area contributed by atoms with Crippen LogP contribution >= 0.6 is 11.6 Å². The molecule has 1 unspecified atom stereocenters. The minimum atomic E-state index is -4.24. The predicted octanol–water partition coefficient (Wildman–Crippen LogP) is 9.74. The molecule has 2 aromatic carbocycles. The predicted molar refractivity (Wildman–Crippen MR) is 186 cm³/mol. The van der Waals surface area contributed by atoms with Crippen molar-refractivity contribution in [2.75, 3.05) is 39.8 Å². The number of hydrogen-bond acceptors (Lipinski definition) is 5. The molecule has 0 saturated carbocycles. The first-order chi connectivity index (χ1) is 21.3. The summed E-state index contributed by atoms with van der Waals surface area (Å²) in [5.41, 5.74) is 2.67. The molecule has 3 rings (SSSR count). The van der Waals surface area contributed by atoms with Crippen molar-refractivity contribution in [1.82, 2.24) is 9.80 Å². The average Bonchev–Trinajstić information content (AvgIpc) is 3.01. The van der Waals surface area contributed by atoms with Crippen molar-refractivity contribution in [3.63, 3.8) is 0 Å². The molecule has 0 aromatic heterocycles. The van der Waals surface area contributed by atoms with Gasteiger partial charge in [-0.05, 0) is 36.7 Å². The highest BCUT2D eigenvalue weighted by Crippen LogP contribution is 2.30. The second-order valence-electron chi connectivity index (χ2n) is 12.3. The summed E-state index contributed by atoms with van der Waals surface area (Å²) in [5, 5.41) is 0.795. The van der Waals surface area contributed by atoms with E-state index < -0.39 is 10.4 Å². The zero-order valence-electron chi connectivity index (χ0n) is 27.5. The maximum Gasteiger partial charge on any atom is 0.397 e. The van der Waals surface area contributed by atoms with Gasteiger partial charge in [0.1, 0.15) is 0 Å². The number of piperazine rings is 1. The van der Waals surface area contributed by atoms with E-state index in [2.05, 4.69) is 70.4 Å². The summed E-state index contributed by atoms with van der Waals surface area (Å²) in [6, 6.07) is 19.4. The summed E-state index contributed by atoms with van der Waals surface area (Å²) in [6.07, 6.45) is 20.5. The van der Waals surface area contributed by atoms with E-state index in [1.165, 1.54) is 94.6 Å². The van der Waals surface area contributed by atoms with Crippen LogP contribution in [0, 0.1) is 0 Å². The van der Waals surface area contributed by atoms with Crippen LogP contribution in [0.25, 0.3) is 0 Å². The molecule has 0 spiro atoms. The molecule has 1 aliphatic heterocycles. The van der Waals surface area contributed by atoms with E-state index in [1.54, 1.807) is 0 Å². The van der Waals surface area contributed by atoms with Gasteiger partial charge in [0.25, 0.3) is 0 Å². The Labute approximate surface area is 274 Å². The largest absolute Gasteiger partial charge is 0.397 e. The molecule has 0 aliphatic carbocycles. The fraction of sp³-hybridized carbons (Fsp3) is 0.667. The summed E-state index contributed by atoms with van der Waals surface area (Å²) < 4.78 is 33.3. The number of halogens is 1. The Morgan fingerprint density at radius 1 is 0.682 bits per heavy atom. The molecule has 0 radical (unpaired) electrons. The molecule has 1 aliphatic rings. The van der Waals surface area contributed by atoms with E-state index in [4.69, 9.17) is 16.2 Å². The van der Waals surface area contributed by atoms with Gasteiger partial charge in [-0.1, -0.05) is 157 Å². The molecule has 0 amide bonds. The van der Waals surface area contributed by atoms with E-state index >= 15 is 0 Å². The van der Waals surface area contributed by atoms with Crippen molar-refractivity contribution >= 4 is 22.0 Å². The molecule has 6 nitrogen and oxygen atoms in total. The van der Waals surface area contributed by atoms with Gasteiger partial charge in [-0.15, -0.1) is 0 Å². The van der Waals surface area contributed by atoms with Crippen molar-refractivity contribution in [3.8, 4) is 0 Å². The molecular formula is C36H59ClN2O4S. The van der Waals surface area contributed by atoms with E-state index in [-0.39, 0.29) is 6.61 Å². The van der Waals surface area contributed by atoms with Gasteiger partial charge in [0.2, 0.25) is 0 Å². The van der Waals surface area contributed by atoms with Crippen molar-refractivity contribution < 1.29 is 17.2 Å². The zero-order valence-corrected chi connectivity index (χ0v) is 29.0. The maximum atomic E-state index is 10.3. The highest BCUT2D eigenvalue weighted by molar-refractivity contribution is 7.80.